The summed E-state index contributed by atoms with van der Waals surface area (Å²) in [5, 5.41) is 3.28. The Morgan fingerprint density at radius 3 is 2.80 bits per heavy atom. The first kappa shape index (κ1) is 16.9. The Morgan fingerprint density at radius 2 is 2.04 bits per heavy atom. The maximum absolute atomic E-state index is 12.6. The van der Waals surface area contributed by atoms with Crippen molar-refractivity contribution in [3.63, 3.8) is 0 Å². The van der Waals surface area contributed by atoms with Crippen LogP contribution in [0.2, 0.25) is 5.02 Å². The highest BCUT2D eigenvalue weighted by Gasteiger charge is 2.14. The highest BCUT2D eigenvalue weighted by molar-refractivity contribution is 6.30. The van der Waals surface area contributed by atoms with E-state index in [1.165, 1.54) is 10.6 Å². The molecule has 3 aromatic rings. The van der Waals surface area contributed by atoms with Gasteiger partial charge in [0.15, 0.2) is 0 Å². The molecule has 126 valence electrons. The van der Waals surface area contributed by atoms with Gasteiger partial charge in [0.05, 0.1) is 6.54 Å². The van der Waals surface area contributed by atoms with Crippen molar-refractivity contribution in [1.29, 1.82) is 0 Å². The second-order valence-corrected chi connectivity index (χ2v) is 6.04. The van der Waals surface area contributed by atoms with Gasteiger partial charge in [0.2, 0.25) is 0 Å². The number of aromatic nitrogens is 2. The molecule has 0 saturated carbocycles. The van der Waals surface area contributed by atoms with Crippen LogP contribution >= 0.6 is 11.6 Å². The van der Waals surface area contributed by atoms with Crippen LogP contribution in [0.1, 0.15) is 21.5 Å². The summed E-state index contributed by atoms with van der Waals surface area (Å²) in [4.78, 5) is 29.2. The van der Waals surface area contributed by atoms with E-state index >= 15 is 0 Å². The summed E-state index contributed by atoms with van der Waals surface area (Å²) in [7, 11) is 0. The van der Waals surface area contributed by atoms with Crippen molar-refractivity contribution in [2.24, 2.45) is 0 Å². The largest absolute Gasteiger partial charge is 0.310 e. The zero-order valence-electron chi connectivity index (χ0n) is 13.6. The van der Waals surface area contributed by atoms with Gasteiger partial charge in [0.1, 0.15) is 11.4 Å². The number of hydrogen-bond acceptors (Lipinski definition) is 3. The van der Waals surface area contributed by atoms with Crippen molar-refractivity contribution in [1.82, 2.24) is 9.55 Å². The molecule has 0 fully saturated rings. The Balaban J connectivity index is 1.87. The predicted octanol–water partition coefficient (Wildman–Crippen LogP) is 3.51. The van der Waals surface area contributed by atoms with Crippen LogP contribution in [0.3, 0.4) is 0 Å². The van der Waals surface area contributed by atoms with Crippen LogP contribution in [-0.2, 0) is 6.54 Å². The third-order valence-corrected chi connectivity index (χ3v) is 3.98. The minimum Gasteiger partial charge on any atom is -0.310 e. The van der Waals surface area contributed by atoms with E-state index in [0.717, 1.165) is 11.1 Å². The summed E-state index contributed by atoms with van der Waals surface area (Å²) >= 11 is 5.98. The molecule has 1 amide bonds. The number of carbonyl (C=O) groups excluding carboxylic acids is 1. The molecule has 0 aliphatic rings. The first-order chi connectivity index (χ1) is 12.0. The molecule has 1 aromatic carbocycles. The topological polar surface area (TPSA) is 64.0 Å². The van der Waals surface area contributed by atoms with Crippen LogP contribution in [0.15, 0.2) is 65.7 Å². The molecule has 2 aromatic heterocycles. The van der Waals surface area contributed by atoms with Gasteiger partial charge in [-0.25, -0.2) is 4.98 Å². The molecule has 5 nitrogen and oxygen atoms in total. The number of carbonyl (C=O) groups is 1. The summed E-state index contributed by atoms with van der Waals surface area (Å²) in [5.41, 5.74) is 1.40. The lowest BCUT2D eigenvalue weighted by molar-refractivity contribution is 0.102. The monoisotopic (exact) mass is 353 g/mol. The summed E-state index contributed by atoms with van der Waals surface area (Å²) < 4.78 is 1.48. The van der Waals surface area contributed by atoms with Crippen LogP contribution in [0.25, 0.3) is 0 Å². The SMILES string of the molecule is Cc1cccnc1NC(=O)c1cccn(Cc2cccc(Cl)c2)c1=O. The molecule has 0 spiro atoms. The van der Waals surface area contributed by atoms with Crippen molar-refractivity contribution in [3.05, 3.63) is 93.0 Å². The fourth-order valence-corrected chi connectivity index (χ4v) is 2.67. The van der Waals surface area contributed by atoms with Crippen molar-refractivity contribution in [2.75, 3.05) is 5.32 Å². The van der Waals surface area contributed by atoms with E-state index in [0.29, 0.717) is 17.4 Å². The van der Waals surface area contributed by atoms with Gasteiger partial charge in [-0.05, 0) is 48.4 Å². The fraction of sp³-hybridized carbons (Fsp3) is 0.105. The van der Waals surface area contributed by atoms with E-state index in [-0.39, 0.29) is 11.1 Å². The van der Waals surface area contributed by atoms with Gasteiger partial charge < -0.3 is 9.88 Å². The molecule has 0 aliphatic carbocycles. The van der Waals surface area contributed by atoms with E-state index in [2.05, 4.69) is 10.3 Å². The first-order valence-corrected chi connectivity index (χ1v) is 8.09. The maximum Gasteiger partial charge on any atom is 0.263 e. The predicted molar refractivity (Wildman–Crippen MR) is 98.2 cm³/mol. The van der Waals surface area contributed by atoms with Gasteiger partial charge >= 0.3 is 0 Å². The highest BCUT2D eigenvalue weighted by Crippen LogP contribution is 2.12. The Bertz CT molecular complexity index is 982. The van der Waals surface area contributed by atoms with Gasteiger partial charge in [0.25, 0.3) is 11.5 Å². The van der Waals surface area contributed by atoms with Crippen molar-refractivity contribution in [2.45, 2.75) is 13.5 Å². The van der Waals surface area contributed by atoms with Crippen LogP contribution in [0.5, 0.6) is 0 Å². The lowest BCUT2D eigenvalue weighted by atomic mass is 10.2. The molecule has 0 atom stereocenters. The normalized spacial score (nSPS) is 10.5. The first-order valence-electron chi connectivity index (χ1n) is 7.71. The minimum absolute atomic E-state index is 0.0644. The number of nitrogens with one attached hydrogen (secondary N) is 1. The Morgan fingerprint density at radius 1 is 1.20 bits per heavy atom. The molecule has 25 heavy (non-hydrogen) atoms. The fourth-order valence-electron chi connectivity index (χ4n) is 2.46. The van der Waals surface area contributed by atoms with E-state index in [1.54, 1.807) is 36.7 Å². The Kier molecular flexibility index (Phi) is 4.95. The summed E-state index contributed by atoms with van der Waals surface area (Å²) in [6.45, 7) is 2.17. The number of hydrogen-bond donors (Lipinski definition) is 1. The van der Waals surface area contributed by atoms with Crippen molar-refractivity contribution < 1.29 is 4.79 Å². The maximum atomic E-state index is 12.6. The number of aryl methyl sites for hydroxylation is 1. The third kappa shape index (κ3) is 3.95. The Hall–Kier alpha value is -2.92. The van der Waals surface area contributed by atoms with Gasteiger partial charge in [-0.3, -0.25) is 9.59 Å². The zero-order valence-corrected chi connectivity index (χ0v) is 14.3. The molecular weight excluding hydrogens is 338 g/mol. The molecule has 1 N–H and O–H groups in total. The van der Waals surface area contributed by atoms with Gasteiger partial charge in [-0.2, -0.15) is 0 Å². The van der Waals surface area contributed by atoms with Crippen LogP contribution in [-0.4, -0.2) is 15.5 Å². The number of pyridine rings is 2. The molecule has 2 heterocycles. The summed E-state index contributed by atoms with van der Waals surface area (Å²) in [6, 6.07) is 14.1. The average Bonchev–Trinajstić information content (AvgIpc) is 2.59. The number of amides is 1. The third-order valence-electron chi connectivity index (χ3n) is 3.75. The summed E-state index contributed by atoms with van der Waals surface area (Å²) in [6.07, 6.45) is 3.23. The minimum atomic E-state index is -0.479. The number of benzene rings is 1. The smallest absolute Gasteiger partial charge is 0.263 e. The number of rotatable bonds is 4. The van der Waals surface area contributed by atoms with Gasteiger partial charge in [-0.15, -0.1) is 0 Å². The molecule has 0 aliphatic heterocycles. The number of nitrogens with zero attached hydrogens (tertiary/aromatic N) is 2. The molecular formula is C19H16ClN3O2. The van der Waals surface area contributed by atoms with Gasteiger partial charge in [0, 0.05) is 17.4 Å². The molecule has 0 saturated heterocycles. The molecule has 6 heteroatoms. The van der Waals surface area contributed by atoms with Crippen LogP contribution < -0.4 is 10.9 Å². The number of anilines is 1. The molecule has 0 radical (unpaired) electrons. The lowest BCUT2D eigenvalue weighted by Gasteiger charge is -2.10. The average molecular weight is 354 g/mol. The molecule has 3 rings (SSSR count). The molecule has 0 bridgehead atoms. The van der Waals surface area contributed by atoms with E-state index in [4.69, 9.17) is 11.6 Å². The van der Waals surface area contributed by atoms with Crippen molar-refractivity contribution in [3.8, 4) is 0 Å². The van der Waals surface area contributed by atoms with Crippen LogP contribution in [0, 0.1) is 6.92 Å². The molecule has 0 unspecified atom stereocenters. The lowest BCUT2D eigenvalue weighted by Crippen LogP contribution is -2.29. The van der Waals surface area contributed by atoms with Crippen molar-refractivity contribution >= 4 is 23.3 Å². The van der Waals surface area contributed by atoms with E-state index < -0.39 is 5.91 Å². The second-order valence-electron chi connectivity index (χ2n) is 5.61. The van der Waals surface area contributed by atoms with E-state index in [9.17, 15) is 9.59 Å². The van der Waals surface area contributed by atoms with Gasteiger partial charge in [-0.1, -0.05) is 29.8 Å². The summed E-state index contributed by atoms with van der Waals surface area (Å²) in [5.74, 6) is -0.0376. The highest BCUT2D eigenvalue weighted by atomic mass is 35.5. The second kappa shape index (κ2) is 7.32. The zero-order chi connectivity index (χ0) is 17.8. The quantitative estimate of drug-likeness (QED) is 0.780. The van der Waals surface area contributed by atoms with E-state index in [1.807, 2.05) is 25.1 Å². The Labute approximate surface area is 149 Å². The standard InChI is InChI=1S/C19H16ClN3O2/c1-13-5-3-9-21-17(13)22-18(24)16-8-4-10-23(19(16)25)12-14-6-2-7-15(20)11-14/h2-11H,12H2,1H3,(H,21,22,24). The van der Waals surface area contributed by atoms with Crippen LogP contribution in [0.4, 0.5) is 5.82 Å². The number of halogens is 1.